The van der Waals surface area contributed by atoms with Crippen molar-refractivity contribution in [2.24, 2.45) is 0 Å². The summed E-state index contributed by atoms with van der Waals surface area (Å²) in [6, 6.07) is 19.7. The van der Waals surface area contributed by atoms with Crippen LogP contribution in [0.1, 0.15) is 10.4 Å². The van der Waals surface area contributed by atoms with Gasteiger partial charge in [0.1, 0.15) is 0 Å². The van der Waals surface area contributed by atoms with E-state index in [1.807, 2.05) is 30.3 Å². The molecule has 1 N–H and O–H groups in total. The van der Waals surface area contributed by atoms with Crippen molar-refractivity contribution in [2.75, 3.05) is 5.32 Å². The van der Waals surface area contributed by atoms with Crippen LogP contribution in [0.15, 0.2) is 82.6 Å². The van der Waals surface area contributed by atoms with Gasteiger partial charge in [-0.1, -0.05) is 18.2 Å². The van der Waals surface area contributed by atoms with E-state index >= 15 is 0 Å². The number of benzene rings is 3. The molecule has 33 heavy (non-hydrogen) atoms. The molecule has 9 heteroatoms. The van der Waals surface area contributed by atoms with Gasteiger partial charge in [0.25, 0.3) is 5.91 Å². The topological polar surface area (TPSA) is 80.9 Å². The third-order valence-corrected chi connectivity index (χ3v) is 5.54. The van der Waals surface area contributed by atoms with Crippen LogP contribution in [0.3, 0.4) is 0 Å². The number of hydrogen-bond donors (Lipinski definition) is 1. The molecule has 5 aromatic rings. The lowest BCUT2D eigenvalue weighted by Gasteiger charge is -2.03. The third kappa shape index (κ3) is 4.39. The summed E-state index contributed by atoms with van der Waals surface area (Å²) >= 11 is 1.19. The van der Waals surface area contributed by atoms with E-state index in [2.05, 4.69) is 20.5 Å². The number of thiazole rings is 1. The minimum absolute atomic E-state index is 0.341. The number of carbonyl (C=O) groups is 1. The minimum atomic E-state index is -0.955. The molecule has 0 aliphatic carbocycles. The monoisotopic (exact) mass is 460 g/mol. The second-order valence-corrected chi connectivity index (χ2v) is 7.83. The van der Waals surface area contributed by atoms with Gasteiger partial charge in [-0.15, -0.1) is 21.5 Å². The number of nitrogens with one attached hydrogen (secondary N) is 1. The maximum absolute atomic E-state index is 13.5. The Bertz CT molecular complexity index is 1430. The highest BCUT2D eigenvalue weighted by Gasteiger charge is 2.14. The highest BCUT2D eigenvalue weighted by Crippen LogP contribution is 2.27. The SMILES string of the molecule is O=C(Nc1nc(-c2ccc(F)c(F)c2)cs1)c1ccc(-c2nnc(-c3ccccc3)o2)cc1. The fourth-order valence-corrected chi connectivity index (χ4v) is 3.80. The van der Waals surface area contributed by atoms with Crippen molar-refractivity contribution in [2.45, 2.75) is 0 Å². The van der Waals surface area contributed by atoms with E-state index < -0.39 is 11.6 Å². The molecule has 5 rings (SSSR count). The summed E-state index contributed by atoms with van der Waals surface area (Å²) in [6.45, 7) is 0. The van der Waals surface area contributed by atoms with Crippen LogP contribution in [0.25, 0.3) is 34.2 Å². The second kappa shape index (κ2) is 8.71. The molecular weight excluding hydrogens is 446 g/mol. The zero-order valence-electron chi connectivity index (χ0n) is 16.8. The molecule has 0 bridgehead atoms. The average Bonchev–Trinajstić information content (AvgIpc) is 3.52. The van der Waals surface area contributed by atoms with Crippen LogP contribution in [0.5, 0.6) is 0 Å². The van der Waals surface area contributed by atoms with Gasteiger partial charge in [-0.05, 0) is 54.6 Å². The van der Waals surface area contributed by atoms with Crippen LogP contribution < -0.4 is 5.32 Å². The van der Waals surface area contributed by atoms with Crippen molar-refractivity contribution in [1.29, 1.82) is 0 Å². The summed E-state index contributed by atoms with van der Waals surface area (Å²) < 4.78 is 32.3. The summed E-state index contributed by atoms with van der Waals surface area (Å²) in [5.74, 6) is -1.49. The van der Waals surface area contributed by atoms with Gasteiger partial charge in [-0.3, -0.25) is 10.1 Å². The lowest BCUT2D eigenvalue weighted by atomic mass is 10.1. The maximum Gasteiger partial charge on any atom is 0.257 e. The Hall–Kier alpha value is -4.24. The largest absolute Gasteiger partial charge is 0.416 e. The molecule has 6 nitrogen and oxygen atoms in total. The Balaban J connectivity index is 1.28. The van der Waals surface area contributed by atoms with E-state index in [0.717, 1.165) is 17.7 Å². The molecule has 0 saturated heterocycles. The van der Waals surface area contributed by atoms with Crippen molar-refractivity contribution in [3.63, 3.8) is 0 Å². The Morgan fingerprint density at radius 2 is 1.48 bits per heavy atom. The van der Waals surface area contributed by atoms with Crippen LogP contribution in [0.4, 0.5) is 13.9 Å². The molecule has 162 valence electrons. The van der Waals surface area contributed by atoms with Crippen molar-refractivity contribution < 1.29 is 18.0 Å². The van der Waals surface area contributed by atoms with Crippen LogP contribution in [0.2, 0.25) is 0 Å². The smallest absolute Gasteiger partial charge is 0.257 e. The van der Waals surface area contributed by atoms with Gasteiger partial charge in [0, 0.05) is 27.6 Å². The summed E-state index contributed by atoms with van der Waals surface area (Å²) in [5, 5.41) is 12.8. The zero-order chi connectivity index (χ0) is 22.8. The molecular formula is C24H14F2N4O2S. The van der Waals surface area contributed by atoms with E-state index in [4.69, 9.17) is 4.42 Å². The first-order valence-electron chi connectivity index (χ1n) is 9.78. The first-order chi connectivity index (χ1) is 16.1. The minimum Gasteiger partial charge on any atom is -0.416 e. The summed E-state index contributed by atoms with van der Waals surface area (Å²) in [4.78, 5) is 16.9. The molecule has 0 spiro atoms. The number of halogens is 2. The van der Waals surface area contributed by atoms with Gasteiger partial charge in [-0.2, -0.15) is 0 Å². The van der Waals surface area contributed by atoms with E-state index in [1.54, 1.807) is 29.6 Å². The van der Waals surface area contributed by atoms with Gasteiger partial charge in [0.2, 0.25) is 11.8 Å². The van der Waals surface area contributed by atoms with Crippen molar-refractivity contribution >= 4 is 22.4 Å². The van der Waals surface area contributed by atoms with Gasteiger partial charge in [0.05, 0.1) is 5.69 Å². The number of anilines is 1. The zero-order valence-corrected chi connectivity index (χ0v) is 17.6. The fourth-order valence-electron chi connectivity index (χ4n) is 3.09. The predicted molar refractivity (Wildman–Crippen MR) is 121 cm³/mol. The lowest BCUT2D eigenvalue weighted by Crippen LogP contribution is -2.11. The van der Waals surface area contributed by atoms with E-state index in [-0.39, 0.29) is 5.91 Å². The quantitative estimate of drug-likeness (QED) is 0.345. The molecule has 0 aliphatic rings. The molecule has 1 amide bonds. The Labute approximate surface area is 190 Å². The van der Waals surface area contributed by atoms with Gasteiger partial charge in [-0.25, -0.2) is 13.8 Å². The molecule has 0 saturated carbocycles. The number of nitrogens with zero attached hydrogens (tertiary/aromatic N) is 3. The molecule has 0 radical (unpaired) electrons. The molecule has 0 atom stereocenters. The van der Waals surface area contributed by atoms with Crippen molar-refractivity contribution in [3.05, 3.63) is 95.4 Å². The third-order valence-electron chi connectivity index (χ3n) is 4.78. The highest BCUT2D eigenvalue weighted by molar-refractivity contribution is 7.14. The van der Waals surface area contributed by atoms with Gasteiger partial charge >= 0.3 is 0 Å². The van der Waals surface area contributed by atoms with Crippen molar-refractivity contribution in [3.8, 4) is 34.2 Å². The summed E-state index contributed by atoms with van der Waals surface area (Å²) in [7, 11) is 0. The number of rotatable bonds is 5. The van der Waals surface area contributed by atoms with E-state index in [1.165, 1.54) is 17.4 Å². The lowest BCUT2D eigenvalue weighted by molar-refractivity contribution is 0.102. The fraction of sp³-hybridized carbons (Fsp3) is 0. The molecule has 2 aromatic heterocycles. The summed E-state index contributed by atoms with van der Waals surface area (Å²) in [6.07, 6.45) is 0. The van der Waals surface area contributed by atoms with Gasteiger partial charge < -0.3 is 4.42 Å². The van der Waals surface area contributed by atoms with Crippen LogP contribution in [-0.2, 0) is 0 Å². The Morgan fingerprint density at radius 3 is 2.18 bits per heavy atom. The molecule has 3 aromatic carbocycles. The maximum atomic E-state index is 13.5. The number of hydrogen-bond acceptors (Lipinski definition) is 6. The van der Waals surface area contributed by atoms with E-state index in [9.17, 15) is 13.6 Å². The van der Waals surface area contributed by atoms with Crippen LogP contribution in [-0.4, -0.2) is 21.1 Å². The van der Waals surface area contributed by atoms with Crippen LogP contribution in [0, 0.1) is 11.6 Å². The molecule has 0 fully saturated rings. The van der Waals surface area contributed by atoms with Gasteiger partial charge in [0.15, 0.2) is 16.8 Å². The average molecular weight is 460 g/mol. The molecule has 0 unspecified atom stereocenters. The standard InChI is InChI=1S/C24H14F2N4O2S/c25-18-11-10-17(12-19(18)26)20-13-33-24(27-20)28-21(31)14-6-8-16(9-7-14)23-30-29-22(32-23)15-4-2-1-3-5-15/h1-13H,(H,27,28,31). The van der Waals surface area contributed by atoms with Crippen LogP contribution >= 0.6 is 11.3 Å². The molecule has 0 aliphatic heterocycles. The number of amides is 1. The number of carbonyl (C=O) groups excluding carboxylic acids is 1. The Morgan fingerprint density at radius 1 is 0.818 bits per heavy atom. The normalized spacial score (nSPS) is 10.8. The second-order valence-electron chi connectivity index (χ2n) is 6.98. The Kier molecular flexibility index (Phi) is 5.45. The highest BCUT2D eigenvalue weighted by atomic mass is 32.1. The van der Waals surface area contributed by atoms with Crippen molar-refractivity contribution in [1.82, 2.24) is 15.2 Å². The molecule has 2 heterocycles. The first kappa shape index (κ1) is 20.7. The summed E-state index contributed by atoms with van der Waals surface area (Å²) in [5.41, 5.74) is 2.76. The predicted octanol–water partition coefficient (Wildman–Crippen LogP) is 6.06. The first-order valence-corrected chi connectivity index (χ1v) is 10.7. The van der Waals surface area contributed by atoms with E-state index in [0.29, 0.717) is 39.3 Å². The number of aromatic nitrogens is 3.